The molecule has 0 N–H and O–H groups in total. The normalized spacial score (nSPS) is 17.6. The van der Waals surface area contributed by atoms with Gasteiger partial charge in [0, 0.05) is 16.5 Å². The number of fused-ring (bicyclic) bond motifs is 1. The Balaban J connectivity index is 1.84. The van der Waals surface area contributed by atoms with Gasteiger partial charge in [-0.25, -0.2) is 0 Å². The van der Waals surface area contributed by atoms with Crippen molar-refractivity contribution in [3.63, 3.8) is 0 Å². The molecular weight excluding hydrogens is 268 g/mol. The van der Waals surface area contributed by atoms with E-state index in [9.17, 15) is 4.79 Å². The standard InChI is InChI=1S/C18H17ClO/c1-12-6-7-16(11-17(12)19)18(20)15-9-8-13-4-2-3-5-14(13)10-15/h2-7,11,15H,8-10H2,1H3. The summed E-state index contributed by atoms with van der Waals surface area (Å²) in [6.07, 6.45) is 2.77. The Labute approximate surface area is 124 Å². The molecule has 1 nitrogen and oxygen atoms in total. The Morgan fingerprint density at radius 3 is 2.65 bits per heavy atom. The molecule has 0 fully saturated rings. The number of halogens is 1. The minimum Gasteiger partial charge on any atom is -0.294 e. The lowest BCUT2D eigenvalue weighted by Crippen LogP contribution is -2.22. The van der Waals surface area contributed by atoms with Gasteiger partial charge in [-0.1, -0.05) is 48.0 Å². The molecule has 0 bridgehead atoms. The smallest absolute Gasteiger partial charge is 0.166 e. The number of hydrogen-bond acceptors (Lipinski definition) is 1. The van der Waals surface area contributed by atoms with Crippen LogP contribution in [0.15, 0.2) is 42.5 Å². The van der Waals surface area contributed by atoms with E-state index in [0.717, 1.165) is 30.4 Å². The first kappa shape index (κ1) is 13.4. The van der Waals surface area contributed by atoms with Crippen molar-refractivity contribution in [1.29, 1.82) is 0 Å². The maximum absolute atomic E-state index is 12.6. The van der Waals surface area contributed by atoms with Crippen molar-refractivity contribution >= 4 is 17.4 Å². The lowest BCUT2D eigenvalue weighted by molar-refractivity contribution is 0.0909. The molecule has 0 aromatic heterocycles. The van der Waals surface area contributed by atoms with Crippen molar-refractivity contribution in [1.82, 2.24) is 0 Å². The van der Waals surface area contributed by atoms with Crippen molar-refractivity contribution in [2.75, 3.05) is 0 Å². The van der Waals surface area contributed by atoms with E-state index in [1.54, 1.807) is 6.07 Å². The molecular formula is C18H17ClO. The Morgan fingerprint density at radius 1 is 1.15 bits per heavy atom. The Bertz CT molecular complexity index is 660. The second kappa shape index (κ2) is 5.41. The molecule has 2 aromatic rings. The topological polar surface area (TPSA) is 17.1 Å². The van der Waals surface area contributed by atoms with Gasteiger partial charge in [0.15, 0.2) is 5.78 Å². The van der Waals surface area contributed by atoms with Gasteiger partial charge >= 0.3 is 0 Å². The minimum absolute atomic E-state index is 0.0867. The molecule has 1 atom stereocenters. The first-order valence-corrected chi connectivity index (χ1v) is 7.40. The molecule has 0 spiro atoms. The van der Waals surface area contributed by atoms with E-state index < -0.39 is 0 Å². The summed E-state index contributed by atoms with van der Waals surface area (Å²) >= 11 is 6.13. The van der Waals surface area contributed by atoms with Crippen LogP contribution in [-0.2, 0) is 12.8 Å². The quantitative estimate of drug-likeness (QED) is 0.735. The first-order chi connectivity index (χ1) is 9.65. The summed E-state index contributed by atoms with van der Waals surface area (Å²) in [5, 5.41) is 0.673. The van der Waals surface area contributed by atoms with Gasteiger partial charge in [0.25, 0.3) is 0 Å². The van der Waals surface area contributed by atoms with Gasteiger partial charge < -0.3 is 0 Å². The number of carbonyl (C=O) groups excluding carboxylic acids is 1. The fourth-order valence-electron chi connectivity index (χ4n) is 2.90. The van der Waals surface area contributed by atoms with Crippen LogP contribution in [0.4, 0.5) is 0 Å². The molecule has 0 saturated heterocycles. The summed E-state index contributed by atoms with van der Waals surface area (Å²) in [4.78, 5) is 12.6. The summed E-state index contributed by atoms with van der Waals surface area (Å²) < 4.78 is 0. The van der Waals surface area contributed by atoms with E-state index in [1.165, 1.54) is 11.1 Å². The molecule has 1 aliphatic carbocycles. The van der Waals surface area contributed by atoms with Crippen molar-refractivity contribution in [2.45, 2.75) is 26.2 Å². The van der Waals surface area contributed by atoms with Crippen LogP contribution in [0.5, 0.6) is 0 Å². The van der Waals surface area contributed by atoms with Gasteiger partial charge in [-0.15, -0.1) is 0 Å². The van der Waals surface area contributed by atoms with Crippen LogP contribution >= 0.6 is 11.6 Å². The van der Waals surface area contributed by atoms with Crippen LogP contribution in [0.1, 0.15) is 33.5 Å². The molecule has 102 valence electrons. The predicted molar refractivity (Wildman–Crippen MR) is 82.5 cm³/mol. The van der Waals surface area contributed by atoms with E-state index in [4.69, 9.17) is 11.6 Å². The molecule has 1 aliphatic rings. The lowest BCUT2D eigenvalue weighted by atomic mass is 9.80. The van der Waals surface area contributed by atoms with Gasteiger partial charge in [0.05, 0.1) is 0 Å². The predicted octanol–water partition coefficient (Wildman–Crippen LogP) is 4.64. The van der Waals surface area contributed by atoms with Crippen LogP contribution < -0.4 is 0 Å². The first-order valence-electron chi connectivity index (χ1n) is 7.02. The molecule has 0 saturated carbocycles. The highest BCUT2D eigenvalue weighted by atomic mass is 35.5. The minimum atomic E-state index is 0.0867. The molecule has 0 radical (unpaired) electrons. The monoisotopic (exact) mass is 284 g/mol. The average Bonchev–Trinajstić information content (AvgIpc) is 2.49. The zero-order valence-corrected chi connectivity index (χ0v) is 12.3. The average molecular weight is 285 g/mol. The van der Waals surface area contributed by atoms with Crippen molar-refractivity contribution in [3.8, 4) is 0 Å². The third kappa shape index (κ3) is 2.51. The largest absolute Gasteiger partial charge is 0.294 e. The highest BCUT2D eigenvalue weighted by molar-refractivity contribution is 6.31. The molecule has 2 heteroatoms. The van der Waals surface area contributed by atoms with Crippen molar-refractivity contribution < 1.29 is 4.79 Å². The SMILES string of the molecule is Cc1ccc(C(=O)C2CCc3ccccc3C2)cc1Cl. The molecule has 0 amide bonds. The number of carbonyl (C=O) groups is 1. The highest BCUT2D eigenvalue weighted by Crippen LogP contribution is 2.28. The van der Waals surface area contributed by atoms with Gasteiger partial charge in [0.2, 0.25) is 0 Å². The number of hydrogen-bond donors (Lipinski definition) is 0. The van der Waals surface area contributed by atoms with Crippen LogP contribution in [0.2, 0.25) is 5.02 Å². The maximum atomic E-state index is 12.6. The summed E-state index contributed by atoms with van der Waals surface area (Å²) in [6.45, 7) is 1.95. The van der Waals surface area contributed by atoms with E-state index >= 15 is 0 Å². The summed E-state index contributed by atoms with van der Waals surface area (Å²) in [6, 6.07) is 14.0. The van der Waals surface area contributed by atoms with Gasteiger partial charge in [0.1, 0.15) is 0 Å². The van der Waals surface area contributed by atoms with Crippen LogP contribution in [0, 0.1) is 12.8 Å². The number of rotatable bonds is 2. The van der Waals surface area contributed by atoms with Crippen LogP contribution in [0.25, 0.3) is 0 Å². The van der Waals surface area contributed by atoms with Crippen LogP contribution in [0.3, 0.4) is 0 Å². The number of ketones is 1. The third-order valence-electron chi connectivity index (χ3n) is 4.17. The molecule has 0 aliphatic heterocycles. The van der Waals surface area contributed by atoms with E-state index in [1.807, 2.05) is 19.1 Å². The Kier molecular flexibility index (Phi) is 3.62. The fraction of sp³-hybridized carbons (Fsp3) is 0.278. The summed E-state index contributed by atoms with van der Waals surface area (Å²) in [5.41, 5.74) is 4.45. The van der Waals surface area contributed by atoms with E-state index in [0.29, 0.717) is 5.02 Å². The molecule has 20 heavy (non-hydrogen) atoms. The third-order valence-corrected chi connectivity index (χ3v) is 4.58. The molecule has 2 aromatic carbocycles. The van der Waals surface area contributed by atoms with E-state index in [-0.39, 0.29) is 11.7 Å². The molecule has 1 unspecified atom stereocenters. The number of Topliss-reactive ketones (excluding diaryl/α,β-unsaturated/α-hetero) is 1. The number of aryl methyl sites for hydroxylation is 2. The van der Waals surface area contributed by atoms with Gasteiger partial charge in [-0.2, -0.15) is 0 Å². The Hall–Kier alpha value is -1.60. The Morgan fingerprint density at radius 2 is 1.90 bits per heavy atom. The second-order valence-corrected chi connectivity index (χ2v) is 5.94. The highest BCUT2D eigenvalue weighted by Gasteiger charge is 2.25. The summed E-state index contributed by atoms with van der Waals surface area (Å²) in [5.74, 6) is 0.310. The lowest BCUT2D eigenvalue weighted by Gasteiger charge is -2.23. The van der Waals surface area contributed by atoms with Crippen LogP contribution in [-0.4, -0.2) is 5.78 Å². The fourth-order valence-corrected chi connectivity index (χ4v) is 3.08. The number of benzene rings is 2. The zero-order valence-electron chi connectivity index (χ0n) is 11.5. The van der Waals surface area contributed by atoms with Crippen molar-refractivity contribution in [2.24, 2.45) is 5.92 Å². The molecule has 3 rings (SSSR count). The van der Waals surface area contributed by atoms with Crippen molar-refractivity contribution in [3.05, 3.63) is 69.7 Å². The van der Waals surface area contributed by atoms with Gasteiger partial charge in [-0.05, 0) is 48.9 Å². The second-order valence-electron chi connectivity index (χ2n) is 5.54. The van der Waals surface area contributed by atoms with E-state index in [2.05, 4.69) is 24.3 Å². The molecule has 0 heterocycles. The summed E-state index contributed by atoms with van der Waals surface area (Å²) in [7, 11) is 0. The zero-order chi connectivity index (χ0) is 14.1. The maximum Gasteiger partial charge on any atom is 0.166 e. The van der Waals surface area contributed by atoms with Gasteiger partial charge in [-0.3, -0.25) is 4.79 Å².